The van der Waals surface area contributed by atoms with Gasteiger partial charge in [0.15, 0.2) is 0 Å². The minimum atomic E-state index is 1.12. The summed E-state index contributed by atoms with van der Waals surface area (Å²) in [5.74, 6) is 0. The molecule has 0 radical (unpaired) electrons. The summed E-state index contributed by atoms with van der Waals surface area (Å²) in [6.07, 6.45) is 4.37. The summed E-state index contributed by atoms with van der Waals surface area (Å²) in [5, 5.41) is 2.47. The van der Waals surface area contributed by atoms with Crippen LogP contribution in [0.25, 0.3) is 22.9 Å². The summed E-state index contributed by atoms with van der Waals surface area (Å²) < 4.78 is 0. The van der Waals surface area contributed by atoms with Gasteiger partial charge in [-0.25, -0.2) is 0 Å². The highest BCUT2D eigenvalue weighted by Gasteiger charge is 2.14. The fraction of sp³-hybridized carbons (Fsp3) is 0.0667. The van der Waals surface area contributed by atoms with Crippen LogP contribution in [0, 0.1) is 20.8 Å². The molecule has 7 aromatic carbocycles. The molecular weight excluding hydrogens is 569 g/mol. The zero-order valence-corrected chi connectivity index (χ0v) is 27.1. The van der Waals surface area contributed by atoms with Crippen LogP contribution in [0.15, 0.2) is 164 Å². The predicted molar refractivity (Wildman–Crippen MR) is 203 cm³/mol. The Bertz CT molecular complexity index is 2120. The molecule has 7 aromatic rings. The van der Waals surface area contributed by atoms with Gasteiger partial charge in [0.25, 0.3) is 0 Å². The summed E-state index contributed by atoms with van der Waals surface area (Å²) in [4.78, 5) is 4.65. The van der Waals surface area contributed by atoms with E-state index in [4.69, 9.17) is 0 Å². The van der Waals surface area contributed by atoms with Crippen LogP contribution in [0.4, 0.5) is 34.1 Å². The highest BCUT2D eigenvalue weighted by Crippen LogP contribution is 2.37. The Morgan fingerprint density at radius 3 is 1.34 bits per heavy atom. The molecule has 0 aromatic heterocycles. The van der Waals surface area contributed by atoms with Crippen molar-refractivity contribution in [2.45, 2.75) is 20.8 Å². The largest absolute Gasteiger partial charge is 0.310 e. The third-order valence-corrected chi connectivity index (χ3v) is 8.53. The molecule has 7 rings (SSSR count). The van der Waals surface area contributed by atoms with Crippen molar-refractivity contribution in [1.82, 2.24) is 0 Å². The van der Waals surface area contributed by atoms with Gasteiger partial charge in [-0.15, -0.1) is 0 Å². The Morgan fingerprint density at radius 1 is 0.319 bits per heavy atom. The standard InChI is InChI=1S/C45H38N2/c1-33-13-22-41(23-14-33)47(45-30-34(2)29-35(3)31-45)43-26-19-37(20-27-43)16-15-36-17-24-42(25-18-36)46(40-11-5-4-6-12-40)44-28-21-38-9-7-8-10-39(38)32-44/h4-32H,1-3H3. The molecule has 0 bridgehead atoms. The summed E-state index contributed by atoms with van der Waals surface area (Å²) in [6.45, 7) is 6.45. The van der Waals surface area contributed by atoms with Crippen molar-refractivity contribution in [3.63, 3.8) is 0 Å². The normalized spacial score (nSPS) is 11.2. The molecule has 0 heterocycles. The van der Waals surface area contributed by atoms with Crippen molar-refractivity contribution < 1.29 is 0 Å². The van der Waals surface area contributed by atoms with Gasteiger partial charge in [-0.05, 0) is 127 Å². The Morgan fingerprint density at radius 2 is 0.766 bits per heavy atom. The van der Waals surface area contributed by atoms with Crippen LogP contribution in [0.1, 0.15) is 27.8 Å². The summed E-state index contributed by atoms with van der Waals surface area (Å²) in [5.41, 5.74) is 12.9. The van der Waals surface area contributed by atoms with Gasteiger partial charge in [0.05, 0.1) is 0 Å². The highest BCUT2D eigenvalue weighted by molar-refractivity contribution is 5.89. The second-order valence-corrected chi connectivity index (χ2v) is 12.2. The maximum absolute atomic E-state index is 2.33. The molecule has 0 saturated carbocycles. The molecule has 0 aliphatic carbocycles. The van der Waals surface area contributed by atoms with Crippen molar-refractivity contribution in [1.29, 1.82) is 0 Å². The smallest absolute Gasteiger partial charge is 0.0468 e. The molecular formula is C45H38N2. The third-order valence-electron chi connectivity index (χ3n) is 8.53. The first-order valence-corrected chi connectivity index (χ1v) is 16.2. The fourth-order valence-corrected chi connectivity index (χ4v) is 6.22. The van der Waals surface area contributed by atoms with Crippen LogP contribution in [0.5, 0.6) is 0 Å². The van der Waals surface area contributed by atoms with Crippen LogP contribution in [-0.4, -0.2) is 0 Å². The average molecular weight is 607 g/mol. The van der Waals surface area contributed by atoms with E-state index in [0.717, 1.165) is 39.6 Å². The number of aryl methyl sites for hydroxylation is 3. The molecule has 47 heavy (non-hydrogen) atoms. The van der Waals surface area contributed by atoms with Crippen LogP contribution < -0.4 is 9.80 Å². The molecule has 0 amide bonds. The zero-order chi connectivity index (χ0) is 32.2. The van der Waals surface area contributed by atoms with Gasteiger partial charge in [-0.2, -0.15) is 0 Å². The second kappa shape index (κ2) is 13.2. The fourth-order valence-electron chi connectivity index (χ4n) is 6.22. The first kappa shape index (κ1) is 29.8. The van der Waals surface area contributed by atoms with Crippen molar-refractivity contribution in [2.24, 2.45) is 0 Å². The number of rotatable bonds is 8. The third kappa shape index (κ3) is 6.73. The molecule has 228 valence electrons. The SMILES string of the molecule is Cc1ccc(N(c2ccc(C=Cc3ccc(N(c4ccccc4)c4ccc5ccccc5c4)cc3)cc2)c2cc(C)cc(C)c2)cc1. The van der Waals surface area contributed by atoms with E-state index in [1.165, 1.54) is 33.2 Å². The number of nitrogens with zero attached hydrogens (tertiary/aromatic N) is 2. The van der Waals surface area contributed by atoms with Gasteiger partial charge < -0.3 is 9.80 Å². The monoisotopic (exact) mass is 606 g/mol. The van der Waals surface area contributed by atoms with E-state index in [2.05, 4.69) is 207 Å². The van der Waals surface area contributed by atoms with E-state index in [1.54, 1.807) is 0 Å². The van der Waals surface area contributed by atoms with Crippen LogP contribution in [-0.2, 0) is 0 Å². The summed E-state index contributed by atoms with van der Waals surface area (Å²) >= 11 is 0. The maximum Gasteiger partial charge on any atom is 0.0468 e. The Kier molecular flexibility index (Phi) is 8.41. The van der Waals surface area contributed by atoms with Crippen molar-refractivity contribution >= 4 is 57.0 Å². The van der Waals surface area contributed by atoms with E-state index in [1.807, 2.05) is 0 Å². The minimum absolute atomic E-state index is 1.12. The van der Waals surface area contributed by atoms with Gasteiger partial charge in [0.1, 0.15) is 0 Å². The molecule has 0 unspecified atom stereocenters. The van der Waals surface area contributed by atoms with E-state index >= 15 is 0 Å². The summed E-state index contributed by atoms with van der Waals surface area (Å²) in [6, 6.07) is 58.8. The highest BCUT2D eigenvalue weighted by atomic mass is 15.1. The van der Waals surface area contributed by atoms with Gasteiger partial charge >= 0.3 is 0 Å². The molecule has 0 N–H and O–H groups in total. The summed E-state index contributed by atoms with van der Waals surface area (Å²) in [7, 11) is 0. The molecule has 0 spiro atoms. The second-order valence-electron chi connectivity index (χ2n) is 12.2. The van der Waals surface area contributed by atoms with E-state index in [0.29, 0.717) is 0 Å². The molecule has 0 atom stereocenters. The van der Waals surface area contributed by atoms with Crippen LogP contribution in [0.3, 0.4) is 0 Å². The van der Waals surface area contributed by atoms with Crippen LogP contribution in [0.2, 0.25) is 0 Å². The molecule has 0 aliphatic rings. The first-order valence-electron chi connectivity index (χ1n) is 16.2. The molecule has 2 nitrogen and oxygen atoms in total. The average Bonchev–Trinajstić information content (AvgIpc) is 3.10. The van der Waals surface area contributed by atoms with Gasteiger partial charge in [-0.3, -0.25) is 0 Å². The Balaban J connectivity index is 1.14. The Hall–Kier alpha value is -5.86. The van der Waals surface area contributed by atoms with Crippen molar-refractivity contribution in [3.05, 3.63) is 192 Å². The molecule has 0 aliphatic heterocycles. The lowest BCUT2D eigenvalue weighted by Gasteiger charge is -2.26. The number of para-hydroxylation sites is 1. The zero-order valence-electron chi connectivity index (χ0n) is 27.1. The Labute approximate surface area is 278 Å². The number of benzene rings is 7. The quantitative estimate of drug-likeness (QED) is 0.159. The van der Waals surface area contributed by atoms with Gasteiger partial charge in [0.2, 0.25) is 0 Å². The number of fused-ring (bicyclic) bond motifs is 1. The lowest BCUT2D eigenvalue weighted by molar-refractivity contribution is 1.25. The van der Waals surface area contributed by atoms with E-state index < -0.39 is 0 Å². The van der Waals surface area contributed by atoms with Gasteiger partial charge in [-0.1, -0.05) is 109 Å². The predicted octanol–water partition coefficient (Wildman–Crippen LogP) is 12.9. The number of hydrogen-bond acceptors (Lipinski definition) is 2. The lowest BCUT2D eigenvalue weighted by Crippen LogP contribution is -2.10. The van der Waals surface area contributed by atoms with Crippen LogP contribution >= 0.6 is 0 Å². The van der Waals surface area contributed by atoms with Gasteiger partial charge in [0, 0.05) is 34.1 Å². The van der Waals surface area contributed by atoms with E-state index in [-0.39, 0.29) is 0 Å². The minimum Gasteiger partial charge on any atom is -0.310 e. The lowest BCUT2D eigenvalue weighted by atomic mass is 10.1. The molecule has 2 heteroatoms. The first-order chi connectivity index (χ1) is 23.0. The number of hydrogen-bond donors (Lipinski definition) is 0. The topological polar surface area (TPSA) is 6.48 Å². The van der Waals surface area contributed by atoms with Crippen molar-refractivity contribution in [3.8, 4) is 0 Å². The maximum atomic E-state index is 2.33. The molecule has 0 fully saturated rings. The molecule has 0 saturated heterocycles. The van der Waals surface area contributed by atoms with E-state index in [9.17, 15) is 0 Å². The number of anilines is 6. The van der Waals surface area contributed by atoms with Crippen molar-refractivity contribution in [2.75, 3.05) is 9.80 Å².